The van der Waals surface area contributed by atoms with Crippen molar-refractivity contribution in [3.8, 4) is 0 Å². The van der Waals surface area contributed by atoms with Gasteiger partial charge < -0.3 is 15.7 Å². The van der Waals surface area contributed by atoms with Crippen LogP contribution in [-0.2, 0) is 4.79 Å². The lowest BCUT2D eigenvalue weighted by Gasteiger charge is -2.31. The van der Waals surface area contributed by atoms with E-state index in [0.717, 1.165) is 32.0 Å². The summed E-state index contributed by atoms with van der Waals surface area (Å²) in [5.41, 5.74) is 4.83. The van der Waals surface area contributed by atoms with Gasteiger partial charge in [0.25, 0.3) is 0 Å². The minimum Gasteiger partial charge on any atom is -0.480 e. The zero-order valence-electron chi connectivity index (χ0n) is 11.1. The Morgan fingerprint density at radius 1 is 1.47 bits per heavy atom. The molecule has 1 unspecified atom stereocenters. The molecule has 0 aliphatic carbocycles. The number of nitrogens with zero attached hydrogens (tertiary/aromatic N) is 1. The van der Waals surface area contributed by atoms with Gasteiger partial charge in [-0.05, 0) is 57.7 Å². The predicted octanol–water partition coefficient (Wildman–Crippen LogP) is 1.69. The first kappa shape index (κ1) is 14.5. The first-order valence-corrected chi connectivity index (χ1v) is 6.72. The van der Waals surface area contributed by atoms with Crippen molar-refractivity contribution < 1.29 is 9.90 Å². The molecule has 1 rings (SSSR count). The van der Waals surface area contributed by atoms with Gasteiger partial charge in [-0.2, -0.15) is 0 Å². The topological polar surface area (TPSA) is 66.6 Å². The summed E-state index contributed by atoms with van der Waals surface area (Å²) in [6.07, 6.45) is 4.48. The number of hydrogen-bond acceptors (Lipinski definition) is 3. The van der Waals surface area contributed by atoms with Crippen LogP contribution >= 0.6 is 0 Å². The summed E-state index contributed by atoms with van der Waals surface area (Å²) >= 11 is 0. The largest absolute Gasteiger partial charge is 0.480 e. The lowest BCUT2D eigenvalue weighted by atomic mass is 9.91. The highest BCUT2D eigenvalue weighted by atomic mass is 16.4. The van der Waals surface area contributed by atoms with E-state index >= 15 is 0 Å². The van der Waals surface area contributed by atoms with Gasteiger partial charge in [-0.3, -0.25) is 4.79 Å². The minimum absolute atomic E-state index is 0.499. The Morgan fingerprint density at radius 2 is 2.06 bits per heavy atom. The van der Waals surface area contributed by atoms with E-state index in [-0.39, 0.29) is 0 Å². The van der Waals surface area contributed by atoms with Crippen LogP contribution in [0.3, 0.4) is 0 Å². The number of nitrogens with two attached hydrogens (primary N) is 1. The summed E-state index contributed by atoms with van der Waals surface area (Å²) in [4.78, 5) is 13.5. The summed E-state index contributed by atoms with van der Waals surface area (Å²) in [6, 6.07) is 0. The molecule has 0 spiro atoms. The number of rotatable bonds is 6. The molecule has 1 atom stereocenters. The van der Waals surface area contributed by atoms with Crippen molar-refractivity contribution in [1.82, 2.24) is 4.90 Å². The Balaban J connectivity index is 2.25. The number of piperidine rings is 1. The maximum Gasteiger partial charge on any atom is 0.323 e. The molecule has 17 heavy (non-hydrogen) atoms. The van der Waals surface area contributed by atoms with Gasteiger partial charge in [-0.15, -0.1) is 0 Å². The fraction of sp³-hybridized carbons (Fsp3) is 0.923. The van der Waals surface area contributed by atoms with Crippen molar-refractivity contribution in [3.63, 3.8) is 0 Å². The van der Waals surface area contributed by atoms with E-state index in [4.69, 9.17) is 10.8 Å². The third-order valence-corrected chi connectivity index (χ3v) is 4.03. The highest BCUT2D eigenvalue weighted by Gasteiger charge is 2.31. The van der Waals surface area contributed by atoms with Gasteiger partial charge >= 0.3 is 5.97 Å². The van der Waals surface area contributed by atoms with Crippen molar-refractivity contribution in [1.29, 1.82) is 0 Å². The second-order valence-corrected chi connectivity index (χ2v) is 5.44. The van der Waals surface area contributed by atoms with E-state index in [1.54, 1.807) is 0 Å². The maximum atomic E-state index is 11.0. The Hall–Kier alpha value is -0.610. The number of carboxylic acid groups (broad SMARTS) is 1. The first-order chi connectivity index (χ1) is 7.98. The lowest BCUT2D eigenvalue weighted by molar-refractivity contribution is -0.143. The standard InChI is InChI=1S/C13H26N2O2/c1-3-13(14,12(16)17)7-4-8-15-9-5-11(2)6-10-15/h11H,3-10,14H2,1-2H3,(H,16,17). The fourth-order valence-corrected chi connectivity index (χ4v) is 2.34. The Labute approximate surface area is 104 Å². The zero-order valence-corrected chi connectivity index (χ0v) is 11.1. The van der Waals surface area contributed by atoms with Gasteiger partial charge in [0.05, 0.1) is 0 Å². The van der Waals surface area contributed by atoms with Crippen molar-refractivity contribution in [2.75, 3.05) is 19.6 Å². The van der Waals surface area contributed by atoms with Crippen molar-refractivity contribution >= 4 is 5.97 Å². The van der Waals surface area contributed by atoms with Crippen LogP contribution in [0.25, 0.3) is 0 Å². The summed E-state index contributed by atoms with van der Waals surface area (Å²) in [7, 11) is 0. The van der Waals surface area contributed by atoms with E-state index in [0.29, 0.717) is 12.8 Å². The third kappa shape index (κ3) is 4.28. The van der Waals surface area contributed by atoms with Crippen LogP contribution in [0, 0.1) is 5.92 Å². The predicted molar refractivity (Wildman–Crippen MR) is 68.9 cm³/mol. The molecule has 0 aromatic carbocycles. The fourth-order valence-electron chi connectivity index (χ4n) is 2.34. The molecular formula is C13H26N2O2. The normalized spacial score (nSPS) is 22.3. The van der Waals surface area contributed by atoms with Gasteiger partial charge in [-0.25, -0.2) is 0 Å². The third-order valence-electron chi connectivity index (χ3n) is 4.03. The number of carbonyl (C=O) groups is 1. The van der Waals surface area contributed by atoms with E-state index in [1.165, 1.54) is 12.8 Å². The van der Waals surface area contributed by atoms with Crippen LogP contribution in [-0.4, -0.2) is 41.1 Å². The Bertz CT molecular complexity index is 250. The average molecular weight is 242 g/mol. The molecular weight excluding hydrogens is 216 g/mol. The quantitative estimate of drug-likeness (QED) is 0.744. The summed E-state index contributed by atoms with van der Waals surface area (Å²) in [5.74, 6) is -0.0261. The van der Waals surface area contributed by atoms with Crippen LogP contribution in [0.1, 0.15) is 46.0 Å². The van der Waals surface area contributed by atoms with E-state index in [2.05, 4.69) is 11.8 Å². The first-order valence-electron chi connectivity index (χ1n) is 6.72. The average Bonchev–Trinajstić information content (AvgIpc) is 2.31. The zero-order chi connectivity index (χ0) is 12.9. The second-order valence-electron chi connectivity index (χ2n) is 5.44. The molecule has 0 radical (unpaired) electrons. The maximum absolute atomic E-state index is 11.0. The van der Waals surface area contributed by atoms with Gasteiger partial charge in [0.15, 0.2) is 0 Å². The summed E-state index contributed by atoms with van der Waals surface area (Å²) in [5, 5.41) is 9.07. The molecule has 0 saturated carbocycles. The monoisotopic (exact) mass is 242 g/mol. The molecule has 3 N–H and O–H groups in total. The molecule has 0 aromatic rings. The van der Waals surface area contributed by atoms with Crippen molar-refractivity contribution in [2.24, 2.45) is 11.7 Å². The second kappa shape index (κ2) is 6.36. The molecule has 0 amide bonds. The minimum atomic E-state index is -1.02. The molecule has 4 nitrogen and oxygen atoms in total. The SMILES string of the molecule is CCC(N)(CCCN1CCC(C)CC1)C(=O)O. The van der Waals surface area contributed by atoms with Crippen molar-refractivity contribution in [3.05, 3.63) is 0 Å². The molecule has 1 aliphatic rings. The van der Waals surface area contributed by atoms with Gasteiger partial charge in [0, 0.05) is 0 Å². The highest BCUT2D eigenvalue weighted by Crippen LogP contribution is 2.18. The Morgan fingerprint density at radius 3 is 2.53 bits per heavy atom. The van der Waals surface area contributed by atoms with Gasteiger partial charge in [0.2, 0.25) is 0 Å². The highest BCUT2D eigenvalue weighted by molar-refractivity contribution is 5.78. The molecule has 1 heterocycles. The Kier molecular flexibility index (Phi) is 5.40. The molecule has 1 saturated heterocycles. The van der Waals surface area contributed by atoms with Crippen molar-refractivity contribution in [2.45, 2.75) is 51.5 Å². The number of hydrogen-bond donors (Lipinski definition) is 2. The number of aliphatic carboxylic acids is 1. The van der Waals surface area contributed by atoms with Crippen LogP contribution < -0.4 is 5.73 Å². The molecule has 4 heteroatoms. The van der Waals surface area contributed by atoms with Crippen LogP contribution in [0.2, 0.25) is 0 Å². The van der Waals surface area contributed by atoms with Crippen LogP contribution in [0.4, 0.5) is 0 Å². The summed E-state index contributed by atoms with van der Waals surface area (Å²) < 4.78 is 0. The van der Waals surface area contributed by atoms with Gasteiger partial charge in [-0.1, -0.05) is 13.8 Å². The van der Waals surface area contributed by atoms with Crippen LogP contribution in [0.15, 0.2) is 0 Å². The number of likely N-dealkylation sites (tertiary alicyclic amines) is 1. The van der Waals surface area contributed by atoms with Crippen LogP contribution in [0.5, 0.6) is 0 Å². The molecule has 1 aliphatic heterocycles. The van der Waals surface area contributed by atoms with E-state index in [9.17, 15) is 4.79 Å². The van der Waals surface area contributed by atoms with E-state index < -0.39 is 11.5 Å². The molecule has 1 fully saturated rings. The van der Waals surface area contributed by atoms with Gasteiger partial charge in [0.1, 0.15) is 5.54 Å². The number of carboxylic acids is 1. The molecule has 0 bridgehead atoms. The summed E-state index contributed by atoms with van der Waals surface area (Å²) in [6.45, 7) is 7.43. The lowest BCUT2D eigenvalue weighted by Crippen LogP contribution is -2.48. The molecule has 100 valence electrons. The van der Waals surface area contributed by atoms with E-state index in [1.807, 2.05) is 6.92 Å². The molecule has 0 aromatic heterocycles. The smallest absolute Gasteiger partial charge is 0.323 e.